The number of morpholine rings is 1. The molecular weight excluding hydrogens is 310 g/mol. The molecule has 3 rings (SSSR count). The zero-order valence-corrected chi connectivity index (χ0v) is 13.7. The van der Waals surface area contributed by atoms with Crippen molar-refractivity contribution >= 4 is 16.8 Å². The monoisotopic (exact) mass is 332 g/mol. The summed E-state index contributed by atoms with van der Waals surface area (Å²) in [5, 5.41) is 13.6. The lowest BCUT2D eigenvalue weighted by molar-refractivity contribution is -0.906. The van der Waals surface area contributed by atoms with Crippen LogP contribution < -0.4 is 15.8 Å². The topological polar surface area (TPSA) is 85.0 Å². The van der Waals surface area contributed by atoms with E-state index >= 15 is 0 Å². The van der Waals surface area contributed by atoms with E-state index in [9.17, 15) is 14.7 Å². The molecule has 0 unspecified atom stereocenters. The van der Waals surface area contributed by atoms with Crippen LogP contribution in [0, 0.1) is 0 Å². The fourth-order valence-corrected chi connectivity index (χ4v) is 3.04. The van der Waals surface area contributed by atoms with Crippen LogP contribution in [0.1, 0.15) is 10.4 Å². The first-order valence-electron chi connectivity index (χ1n) is 8.10. The van der Waals surface area contributed by atoms with Crippen LogP contribution in [-0.2, 0) is 11.8 Å². The van der Waals surface area contributed by atoms with Gasteiger partial charge in [-0.2, -0.15) is 0 Å². The minimum absolute atomic E-state index is 0.201. The number of rotatable bonds is 4. The maximum Gasteiger partial charge on any atom is 0.267 e. The normalized spacial score (nSPS) is 15.5. The summed E-state index contributed by atoms with van der Waals surface area (Å²) in [7, 11) is 1.60. The molecule has 0 saturated carbocycles. The molecular formula is C17H22N3O4+. The molecule has 1 aliphatic rings. The van der Waals surface area contributed by atoms with Crippen LogP contribution in [0.2, 0.25) is 0 Å². The van der Waals surface area contributed by atoms with Gasteiger partial charge in [0.2, 0.25) is 0 Å². The molecule has 2 aromatic rings. The number of carbonyl (C=O) groups excluding carboxylic acids is 1. The number of quaternary nitrogens is 1. The number of para-hydroxylation sites is 1. The van der Waals surface area contributed by atoms with Gasteiger partial charge < -0.3 is 24.6 Å². The second kappa shape index (κ2) is 7.02. The molecule has 0 atom stereocenters. The molecule has 3 N–H and O–H groups in total. The molecule has 1 saturated heterocycles. The molecule has 24 heavy (non-hydrogen) atoms. The lowest BCUT2D eigenvalue weighted by Crippen LogP contribution is -3.14. The number of ether oxygens (including phenoxy) is 1. The highest BCUT2D eigenvalue weighted by Crippen LogP contribution is 2.25. The van der Waals surface area contributed by atoms with E-state index in [0.29, 0.717) is 17.4 Å². The van der Waals surface area contributed by atoms with Crippen molar-refractivity contribution in [1.29, 1.82) is 0 Å². The van der Waals surface area contributed by atoms with Crippen LogP contribution in [0.3, 0.4) is 0 Å². The second-order valence-corrected chi connectivity index (χ2v) is 5.97. The van der Waals surface area contributed by atoms with Gasteiger partial charge in [-0.3, -0.25) is 9.59 Å². The Hall–Kier alpha value is -2.38. The number of nitrogens with zero attached hydrogens (tertiary/aromatic N) is 1. The number of benzene rings is 1. The highest BCUT2D eigenvalue weighted by Gasteiger charge is 2.21. The summed E-state index contributed by atoms with van der Waals surface area (Å²) in [4.78, 5) is 26.2. The number of fused-ring (bicyclic) bond motifs is 1. The standard InChI is InChI=1S/C17H21N3O4/c1-19-13-5-3-2-4-12(13)15(21)14(17(19)23)16(22)18-6-7-20-8-10-24-11-9-20/h2-5,21H,6-11H2,1H3,(H,18,22)/p+1. The first kappa shape index (κ1) is 16.5. The lowest BCUT2D eigenvalue weighted by Gasteiger charge is -2.23. The summed E-state index contributed by atoms with van der Waals surface area (Å²) in [5.41, 5.74) is -0.107. The second-order valence-electron chi connectivity index (χ2n) is 5.97. The molecule has 1 fully saturated rings. The van der Waals surface area contributed by atoms with E-state index in [1.165, 1.54) is 9.47 Å². The fraction of sp³-hybridized carbons (Fsp3) is 0.412. The third kappa shape index (κ3) is 3.13. The van der Waals surface area contributed by atoms with Crippen molar-refractivity contribution in [2.45, 2.75) is 0 Å². The third-order valence-electron chi connectivity index (χ3n) is 4.47. The van der Waals surface area contributed by atoms with E-state index in [-0.39, 0.29) is 11.3 Å². The largest absolute Gasteiger partial charge is 0.506 e. The zero-order valence-electron chi connectivity index (χ0n) is 13.7. The number of amides is 1. The quantitative estimate of drug-likeness (QED) is 0.663. The Balaban J connectivity index is 1.78. The van der Waals surface area contributed by atoms with Crippen molar-refractivity contribution in [2.75, 3.05) is 39.4 Å². The van der Waals surface area contributed by atoms with Gasteiger partial charge in [0.05, 0.1) is 31.8 Å². The molecule has 0 bridgehead atoms. The summed E-state index contributed by atoms with van der Waals surface area (Å²) in [6.07, 6.45) is 0. The van der Waals surface area contributed by atoms with Gasteiger partial charge in [-0.15, -0.1) is 0 Å². The number of aromatic hydroxyl groups is 1. The SMILES string of the molecule is Cn1c(=O)c(C(=O)NCC[NH+]2CCOCC2)c(O)c2ccccc21. The third-order valence-corrected chi connectivity index (χ3v) is 4.47. The zero-order chi connectivity index (χ0) is 17.1. The average Bonchev–Trinajstić information content (AvgIpc) is 2.61. The summed E-state index contributed by atoms with van der Waals surface area (Å²) in [5.74, 6) is -0.795. The van der Waals surface area contributed by atoms with Gasteiger partial charge >= 0.3 is 0 Å². The van der Waals surface area contributed by atoms with Crippen molar-refractivity contribution < 1.29 is 19.5 Å². The maximum absolute atomic E-state index is 12.4. The number of pyridine rings is 1. The molecule has 2 heterocycles. The van der Waals surface area contributed by atoms with Gasteiger partial charge in [-0.1, -0.05) is 12.1 Å². The van der Waals surface area contributed by atoms with E-state index in [4.69, 9.17) is 4.74 Å². The Morgan fingerprint density at radius 3 is 2.79 bits per heavy atom. The van der Waals surface area contributed by atoms with E-state index in [2.05, 4.69) is 5.32 Å². The van der Waals surface area contributed by atoms with E-state index in [1.54, 1.807) is 31.3 Å². The summed E-state index contributed by atoms with van der Waals surface area (Å²) >= 11 is 0. The molecule has 0 radical (unpaired) electrons. The summed E-state index contributed by atoms with van der Waals surface area (Å²) in [6, 6.07) is 6.97. The van der Waals surface area contributed by atoms with Crippen LogP contribution >= 0.6 is 0 Å². The molecule has 0 aliphatic carbocycles. The number of aryl methyl sites for hydroxylation is 1. The van der Waals surface area contributed by atoms with Crippen molar-refractivity contribution in [3.8, 4) is 5.75 Å². The van der Waals surface area contributed by atoms with Gasteiger partial charge in [0.15, 0.2) is 0 Å². The number of hydrogen-bond donors (Lipinski definition) is 3. The fourth-order valence-electron chi connectivity index (χ4n) is 3.04. The van der Waals surface area contributed by atoms with Gasteiger partial charge in [0, 0.05) is 12.4 Å². The smallest absolute Gasteiger partial charge is 0.267 e. The average molecular weight is 332 g/mol. The minimum atomic E-state index is -0.536. The summed E-state index contributed by atoms with van der Waals surface area (Å²) < 4.78 is 6.68. The number of hydrogen-bond acceptors (Lipinski definition) is 4. The van der Waals surface area contributed by atoms with E-state index < -0.39 is 11.5 Å². The number of aromatic nitrogens is 1. The Morgan fingerprint density at radius 2 is 2.04 bits per heavy atom. The van der Waals surface area contributed by atoms with Gasteiger partial charge in [0.25, 0.3) is 11.5 Å². The first-order valence-corrected chi connectivity index (χ1v) is 8.10. The molecule has 1 amide bonds. The molecule has 128 valence electrons. The molecule has 7 nitrogen and oxygen atoms in total. The minimum Gasteiger partial charge on any atom is -0.506 e. The lowest BCUT2D eigenvalue weighted by atomic mass is 10.1. The Bertz CT molecular complexity index is 809. The molecule has 1 aromatic heterocycles. The van der Waals surface area contributed by atoms with Crippen LogP contribution in [0.5, 0.6) is 5.75 Å². The van der Waals surface area contributed by atoms with Gasteiger partial charge in [-0.05, 0) is 12.1 Å². The van der Waals surface area contributed by atoms with Crippen LogP contribution in [-0.4, -0.2) is 55.0 Å². The Kier molecular flexibility index (Phi) is 4.82. The molecule has 0 spiro atoms. The molecule has 7 heteroatoms. The highest BCUT2D eigenvalue weighted by atomic mass is 16.5. The Morgan fingerprint density at radius 1 is 1.33 bits per heavy atom. The predicted octanol–water partition coefficient (Wildman–Crippen LogP) is -1.11. The van der Waals surface area contributed by atoms with Crippen LogP contribution in [0.15, 0.2) is 29.1 Å². The highest BCUT2D eigenvalue weighted by molar-refractivity contribution is 6.02. The van der Waals surface area contributed by atoms with Crippen LogP contribution in [0.4, 0.5) is 0 Å². The van der Waals surface area contributed by atoms with Gasteiger partial charge in [0.1, 0.15) is 24.4 Å². The molecule has 1 aromatic carbocycles. The Labute approximate surface area is 139 Å². The summed E-state index contributed by atoms with van der Waals surface area (Å²) in [6.45, 7) is 4.51. The van der Waals surface area contributed by atoms with Crippen LogP contribution in [0.25, 0.3) is 10.9 Å². The maximum atomic E-state index is 12.4. The van der Waals surface area contributed by atoms with E-state index in [0.717, 1.165) is 32.8 Å². The number of carbonyl (C=O) groups is 1. The molecule has 1 aliphatic heterocycles. The predicted molar refractivity (Wildman–Crippen MR) is 89.6 cm³/mol. The van der Waals surface area contributed by atoms with Crippen molar-refractivity contribution in [2.24, 2.45) is 7.05 Å². The van der Waals surface area contributed by atoms with Crippen molar-refractivity contribution in [3.05, 3.63) is 40.2 Å². The number of nitrogens with one attached hydrogen (secondary N) is 2. The van der Waals surface area contributed by atoms with Gasteiger partial charge in [-0.25, -0.2) is 0 Å². The first-order chi connectivity index (χ1) is 11.6. The van der Waals surface area contributed by atoms with E-state index in [1.807, 2.05) is 0 Å². The van der Waals surface area contributed by atoms with Crippen molar-refractivity contribution in [1.82, 2.24) is 9.88 Å². The van der Waals surface area contributed by atoms with Crippen molar-refractivity contribution in [3.63, 3.8) is 0 Å².